The summed E-state index contributed by atoms with van der Waals surface area (Å²) in [4.78, 5) is 28.7. The minimum absolute atomic E-state index is 0. The molecule has 0 bridgehead atoms. The summed E-state index contributed by atoms with van der Waals surface area (Å²) in [5.74, 6) is -0.623. The summed E-state index contributed by atoms with van der Waals surface area (Å²) < 4.78 is 16.1. The molecule has 8 nitrogen and oxygen atoms in total. The number of allylic oxidation sites excluding steroid dienone is 2. The number of anilines is 1. The Morgan fingerprint density at radius 3 is 1.80 bits per heavy atom. The lowest BCUT2D eigenvalue weighted by molar-refractivity contribution is -0.923. The molecule has 0 amide bonds. The first-order valence-corrected chi connectivity index (χ1v) is 21.6. The summed E-state index contributed by atoms with van der Waals surface area (Å²) in [6.45, 7) is 27.1. The minimum atomic E-state index is -0.311. The number of benzene rings is 2. The standard InChI is InChI=1S/C43H65N4O4S2.3BrH/c1-10-33(29-40-44(25-17-19-27-46(11-2,12-3)13-4)36-31-34(42(48)50-8)21-23-38(36)52-40)30-41-45(26-18-20-28-47(14-5,15-6)16-7)37-32-35(43(49)51-9)22-24-39(37)53-41;;;/h21-24,29-32H,10-20,25-28H2,1-9H3;3*1H/q+3;;;/p-3. The third kappa shape index (κ3) is 12.6. The van der Waals surface area contributed by atoms with E-state index in [0.29, 0.717) is 11.1 Å². The highest BCUT2D eigenvalue weighted by atomic mass is 79.9. The largest absolute Gasteiger partial charge is 1.00 e. The number of ether oxygens (including phenoxy) is 2. The zero-order valence-corrected chi connectivity index (χ0v) is 41.5. The number of aromatic nitrogens is 1. The lowest BCUT2D eigenvalue weighted by Crippen LogP contribution is -3.00. The van der Waals surface area contributed by atoms with E-state index in [1.807, 2.05) is 24.3 Å². The SMILES string of the molecule is CCC(=Cc1sc2ccc(C(=O)OC)cc2[n+]1CCCC[N+](CC)(CC)CC)C=C1Sc2ccc(C(=O)OC)cc2N1CCCC[N+](CC)(CC)CC.[Br-].[Br-].[Br-]. The number of halogens is 3. The van der Waals surface area contributed by atoms with Crippen molar-refractivity contribution in [3.63, 3.8) is 0 Å². The van der Waals surface area contributed by atoms with Crippen LogP contribution in [0.15, 0.2) is 58.0 Å². The fourth-order valence-electron chi connectivity index (χ4n) is 7.66. The monoisotopic (exact) mass is 1000 g/mol. The normalized spacial score (nSPS) is 13.6. The van der Waals surface area contributed by atoms with E-state index in [4.69, 9.17) is 9.47 Å². The number of carbonyl (C=O) groups is 2. The molecule has 2 heterocycles. The first-order valence-electron chi connectivity index (χ1n) is 19.9. The van der Waals surface area contributed by atoms with Crippen LogP contribution in [0.5, 0.6) is 0 Å². The Labute approximate surface area is 377 Å². The van der Waals surface area contributed by atoms with E-state index in [9.17, 15) is 9.59 Å². The molecule has 1 aliphatic heterocycles. The molecule has 0 saturated carbocycles. The molecule has 0 unspecified atom stereocenters. The molecule has 56 heavy (non-hydrogen) atoms. The van der Waals surface area contributed by atoms with Crippen LogP contribution in [-0.4, -0.2) is 94.0 Å². The molecule has 0 atom stereocenters. The number of thioether (sulfide) groups is 1. The van der Waals surface area contributed by atoms with Gasteiger partial charge in [-0.25, -0.2) is 9.59 Å². The second-order valence-corrected chi connectivity index (χ2v) is 16.3. The average Bonchev–Trinajstić information content (AvgIpc) is 3.72. The van der Waals surface area contributed by atoms with Gasteiger partial charge < -0.3 is 74.3 Å². The molecule has 1 aliphatic rings. The van der Waals surface area contributed by atoms with Crippen molar-refractivity contribution in [3.8, 4) is 0 Å². The Morgan fingerprint density at radius 1 is 0.732 bits per heavy atom. The zero-order valence-electron chi connectivity index (χ0n) is 35.1. The Bertz CT molecular complexity index is 1760. The second-order valence-electron chi connectivity index (χ2n) is 14.2. The third-order valence-electron chi connectivity index (χ3n) is 11.9. The fraction of sp³-hybridized carbons (Fsp3) is 0.558. The summed E-state index contributed by atoms with van der Waals surface area (Å²) in [7, 11) is 2.88. The molecular weight excluding hydrogens is 940 g/mol. The van der Waals surface area contributed by atoms with Crippen LogP contribution in [-0.2, 0) is 16.0 Å². The van der Waals surface area contributed by atoms with Gasteiger partial charge >= 0.3 is 11.9 Å². The van der Waals surface area contributed by atoms with Crippen LogP contribution in [0.2, 0.25) is 0 Å². The Hall–Kier alpha value is -1.74. The molecule has 3 aromatic rings. The minimum Gasteiger partial charge on any atom is -1.00 e. The van der Waals surface area contributed by atoms with Crippen molar-refractivity contribution in [1.29, 1.82) is 0 Å². The van der Waals surface area contributed by atoms with Gasteiger partial charge in [0.25, 0.3) is 5.01 Å². The van der Waals surface area contributed by atoms with Gasteiger partial charge in [-0.05, 0) is 103 Å². The summed E-state index contributed by atoms with van der Waals surface area (Å²) in [5, 5.41) is 2.37. The number of rotatable bonds is 21. The van der Waals surface area contributed by atoms with Crippen molar-refractivity contribution in [2.24, 2.45) is 0 Å². The first-order chi connectivity index (χ1) is 25.6. The molecule has 1 aromatic heterocycles. The van der Waals surface area contributed by atoms with Crippen molar-refractivity contribution < 1.29 is 83.5 Å². The molecule has 0 aliphatic carbocycles. The fourth-order valence-corrected chi connectivity index (χ4v) is 9.95. The lowest BCUT2D eigenvalue weighted by atomic mass is 10.1. The highest BCUT2D eigenvalue weighted by molar-refractivity contribution is 8.03. The Kier molecular flexibility index (Phi) is 23.3. The van der Waals surface area contributed by atoms with Crippen LogP contribution < -0.4 is 60.4 Å². The number of aryl methyl sites for hydroxylation is 1. The zero-order chi connectivity index (χ0) is 38.6. The molecule has 0 N–H and O–H groups in total. The highest BCUT2D eigenvalue weighted by Crippen LogP contribution is 2.47. The van der Waals surface area contributed by atoms with Gasteiger partial charge in [-0.1, -0.05) is 30.0 Å². The number of thiazole rings is 1. The maximum atomic E-state index is 12.6. The topological polar surface area (TPSA) is 59.7 Å². The first kappa shape index (κ1) is 52.3. The van der Waals surface area contributed by atoms with Crippen molar-refractivity contribution in [2.45, 2.75) is 92.0 Å². The number of quaternary nitrogens is 2. The van der Waals surface area contributed by atoms with E-state index in [2.05, 4.69) is 82.2 Å². The van der Waals surface area contributed by atoms with Gasteiger partial charge in [0.05, 0.1) is 88.4 Å². The van der Waals surface area contributed by atoms with Crippen molar-refractivity contribution in [3.05, 3.63) is 69.2 Å². The van der Waals surface area contributed by atoms with Crippen molar-refractivity contribution >= 4 is 57.0 Å². The highest BCUT2D eigenvalue weighted by Gasteiger charge is 2.29. The predicted octanol–water partition coefficient (Wildman–Crippen LogP) is 0.335. The lowest BCUT2D eigenvalue weighted by Gasteiger charge is -2.36. The predicted molar refractivity (Wildman–Crippen MR) is 223 cm³/mol. The van der Waals surface area contributed by atoms with Gasteiger partial charge in [0.1, 0.15) is 4.70 Å². The van der Waals surface area contributed by atoms with E-state index >= 15 is 0 Å². The third-order valence-corrected chi connectivity index (χ3v) is 14.1. The average molecular weight is 1010 g/mol. The van der Waals surface area contributed by atoms with Gasteiger partial charge in [0, 0.05) is 36.4 Å². The van der Waals surface area contributed by atoms with Crippen molar-refractivity contribution in [1.82, 2.24) is 0 Å². The number of fused-ring (bicyclic) bond motifs is 2. The number of nitrogens with zero attached hydrogens (tertiary/aromatic N) is 4. The molecule has 0 spiro atoms. The van der Waals surface area contributed by atoms with E-state index < -0.39 is 0 Å². The number of carbonyl (C=O) groups excluding carboxylic acids is 2. The quantitative estimate of drug-likeness (QED) is 0.0666. The molecule has 0 fully saturated rings. The summed E-state index contributed by atoms with van der Waals surface area (Å²) >= 11 is 3.56. The van der Waals surface area contributed by atoms with Crippen LogP contribution in [0.1, 0.15) is 106 Å². The van der Waals surface area contributed by atoms with E-state index in [1.54, 1.807) is 23.1 Å². The molecule has 13 heteroatoms. The summed E-state index contributed by atoms with van der Waals surface area (Å²) in [5.41, 5.74) is 4.55. The molecule has 314 valence electrons. The van der Waals surface area contributed by atoms with Gasteiger partial charge in [-0.3, -0.25) is 0 Å². The number of hydrogen-bond acceptors (Lipinski definition) is 7. The van der Waals surface area contributed by atoms with Gasteiger partial charge in [0.15, 0.2) is 6.54 Å². The second kappa shape index (κ2) is 25.0. The van der Waals surface area contributed by atoms with Gasteiger partial charge in [-0.2, -0.15) is 4.57 Å². The molecule has 0 radical (unpaired) electrons. The van der Waals surface area contributed by atoms with E-state index in [0.717, 1.165) is 114 Å². The molecule has 0 saturated heterocycles. The number of hydrogen-bond donors (Lipinski definition) is 0. The summed E-state index contributed by atoms with van der Waals surface area (Å²) in [6, 6.07) is 11.9. The van der Waals surface area contributed by atoms with Crippen LogP contribution in [0.4, 0.5) is 5.69 Å². The van der Waals surface area contributed by atoms with Gasteiger partial charge in [-0.15, -0.1) is 0 Å². The molecular formula is C43H65Br3N4O4S2. The van der Waals surface area contributed by atoms with Crippen LogP contribution in [0.25, 0.3) is 16.3 Å². The number of unbranched alkanes of at least 4 members (excludes halogenated alkanes) is 2. The molecule has 4 rings (SSSR count). The number of methoxy groups -OCH3 is 2. The van der Waals surface area contributed by atoms with Crippen LogP contribution in [0.3, 0.4) is 0 Å². The van der Waals surface area contributed by atoms with E-state index in [1.165, 1.54) is 42.9 Å². The summed E-state index contributed by atoms with van der Waals surface area (Å²) in [6.07, 6.45) is 9.99. The Morgan fingerprint density at radius 2 is 1.27 bits per heavy atom. The maximum Gasteiger partial charge on any atom is 0.338 e. The van der Waals surface area contributed by atoms with E-state index in [-0.39, 0.29) is 62.9 Å². The van der Waals surface area contributed by atoms with Crippen molar-refractivity contribution in [2.75, 3.05) is 78.0 Å². The maximum absolute atomic E-state index is 12.6. The van der Waals surface area contributed by atoms with Crippen LogP contribution in [0, 0.1) is 0 Å². The Balaban J connectivity index is 0.00000523. The smallest absolute Gasteiger partial charge is 0.338 e. The molecule has 2 aromatic carbocycles. The van der Waals surface area contributed by atoms with Gasteiger partial charge in [0.2, 0.25) is 5.52 Å². The number of esters is 2. The van der Waals surface area contributed by atoms with Crippen LogP contribution >= 0.6 is 23.1 Å².